The summed E-state index contributed by atoms with van der Waals surface area (Å²) >= 11 is 11.9. The number of nitrogens with zero attached hydrogens (tertiary/aromatic N) is 2. The zero-order valence-electron chi connectivity index (χ0n) is 13.5. The number of anilines is 1. The first-order valence-corrected chi connectivity index (χ1v) is 8.67. The largest absolute Gasteiger partial charge is 0.506 e. The second kappa shape index (κ2) is 7.43. The molecule has 1 aliphatic rings. The third kappa shape index (κ3) is 4.01. The first kappa shape index (κ1) is 17.1. The maximum atomic E-state index is 9.95. The van der Waals surface area contributed by atoms with Crippen LogP contribution in [0.3, 0.4) is 0 Å². The molecule has 0 saturated carbocycles. The number of aliphatic imine (C=N–C) groups is 1. The van der Waals surface area contributed by atoms with Gasteiger partial charge in [-0.25, -0.2) is 0 Å². The van der Waals surface area contributed by atoms with E-state index in [0.29, 0.717) is 10.6 Å². The summed E-state index contributed by atoms with van der Waals surface area (Å²) in [5.74, 6) is -0.0126. The number of hydrogen-bond acceptors (Lipinski definition) is 3. The molecule has 0 aromatic heterocycles. The van der Waals surface area contributed by atoms with Gasteiger partial charge in [-0.15, -0.1) is 0 Å². The second-order valence-electron chi connectivity index (χ2n) is 6.04. The quantitative estimate of drug-likeness (QED) is 0.822. The van der Waals surface area contributed by atoms with Crippen LogP contribution in [0.4, 0.5) is 11.4 Å². The Labute approximate surface area is 151 Å². The molecule has 1 fully saturated rings. The number of piperazine rings is 1. The van der Waals surface area contributed by atoms with Crippen molar-refractivity contribution in [3.63, 3.8) is 0 Å². The summed E-state index contributed by atoms with van der Waals surface area (Å²) in [7, 11) is 2.23. The predicted molar refractivity (Wildman–Crippen MR) is 101 cm³/mol. The number of likely N-dealkylation sites (N-methyl/N-ethyl adjacent to an activating group) is 1. The number of aromatic hydroxyl groups is 1. The number of hydrogen-bond donors (Lipinski definition) is 2. The van der Waals surface area contributed by atoms with E-state index in [-0.39, 0.29) is 10.8 Å². The fourth-order valence-electron chi connectivity index (χ4n) is 2.72. The van der Waals surface area contributed by atoms with Gasteiger partial charge < -0.3 is 14.9 Å². The van der Waals surface area contributed by atoms with E-state index in [1.54, 1.807) is 17.2 Å². The van der Waals surface area contributed by atoms with Crippen molar-refractivity contribution in [1.82, 2.24) is 0 Å². The number of halogens is 2. The van der Waals surface area contributed by atoms with Crippen molar-refractivity contribution in [3.8, 4) is 5.75 Å². The average molecular weight is 365 g/mol. The van der Waals surface area contributed by atoms with Gasteiger partial charge in [-0.3, -0.25) is 4.99 Å². The Balaban J connectivity index is 1.72. The Morgan fingerprint density at radius 2 is 1.79 bits per heavy atom. The van der Waals surface area contributed by atoms with E-state index in [4.69, 9.17) is 23.2 Å². The molecule has 3 rings (SSSR count). The van der Waals surface area contributed by atoms with Gasteiger partial charge >= 0.3 is 0 Å². The van der Waals surface area contributed by atoms with Gasteiger partial charge in [-0.05, 0) is 36.4 Å². The van der Waals surface area contributed by atoms with Crippen molar-refractivity contribution in [2.24, 2.45) is 4.99 Å². The number of rotatable bonds is 3. The Hall–Kier alpha value is -1.75. The van der Waals surface area contributed by atoms with Crippen molar-refractivity contribution < 1.29 is 10.0 Å². The van der Waals surface area contributed by atoms with Gasteiger partial charge in [0.05, 0.1) is 43.9 Å². The summed E-state index contributed by atoms with van der Waals surface area (Å²) in [5, 5.41) is 10.6. The summed E-state index contributed by atoms with van der Waals surface area (Å²) in [5.41, 5.74) is 2.53. The van der Waals surface area contributed by atoms with E-state index >= 15 is 0 Å². The fourth-order valence-corrected chi connectivity index (χ4v) is 3.23. The Morgan fingerprint density at radius 3 is 2.46 bits per heavy atom. The summed E-state index contributed by atoms with van der Waals surface area (Å²) < 4.78 is 0. The van der Waals surface area contributed by atoms with Crippen molar-refractivity contribution in [2.75, 3.05) is 38.1 Å². The van der Waals surface area contributed by atoms with Gasteiger partial charge in [0.1, 0.15) is 5.75 Å². The van der Waals surface area contributed by atoms with Crippen LogP contribution in [-0.4, -0.2) is 44.5 Å². The SMILES string of the molecule is C[NH+]1CCN(c2ccc(N=Cc3cc(Cl)cc(Cl)c3O)cc2)CC1. The standard InChI is InChI=1S/C18H19Cl2N3O/c1-22-6-8-23(9-7-22)16-4-2-15(3-5-16)21-12-13-10-14(19)11-17(20)18(13)24/h2-5,10-12,24H,6-9H2,1H3/p+1. The van der Waals surface area contributed by atoms with Crippen LogP contribution in [0.1, 0.15) is 5.56 Å². The van der Waals surface area contributed by atoms with Crippen LogP contribution >= 0.6 is 23.2 Å². The van der Waals surface area contributed by atoms with Gasteiger partial charge in [0.15, 0.2) is 0 Å². The Bertz CT molecular complexity index is 739. The zero-order chi connectivity index (χ0) is 17.1. The topological polar surface area (TPSA) is 40.3 Å². The van der Waals surface area contributed by atoms with E-state index in [9.17, 15) is 5.11 Å². The second-order valence-corrected chi connectivity index (χ2v) is 6.89. The molecule has 0 bridgehead atoms. The lowest BCUT2D eigenvalue weighted by Crippen LogP contribution is -3.12. The highest BCUT2D eigenvalue weighted by Gasteiger charge is 2.16. The van der Waals surface area contributed by atoms with Crippen molar-refractivity contribution in [1.29, 1.82) is 0 Å². The molecule has 1 heterocycles. The molecule has 0 spiro atoms. The molecule has 1 aliphatic heterocycles. The van der Waals surface area contributed by atoms with Gasteiger partial charge in [0, 0.05) is 22.5 Å². The lowest BCUT2D eigenvalue weighted by Gasteiger charge is -2.31. The minimum Gasteiger partial charge on any atom is -0.506 e. The zero-order valence-corrected chi connectivity index (χ0v) is 15.0. The molecule has 2 aromatic carbocycles. The summed E-state index contributed by atoms with van der Waals surface area (Å²) in [6.45, 7) is 4.47. The maximum Gasteiger partial charge on any atom is 0.143 e. The molecule has 0 radical (unpaired) electrons. The highest BCUT2D eigenvalue weighted by atomic mass is 35.5. The molecule has 4 nitrogen and oxygen atoms in total. The van der Waals surface area contributed by atoms with Crippen molar-refractivity contribution in [2.45, 2.75) is 0 Å². The summed E-state index contributed by atoms with van der Waals surface area (Å²) in [4.78, 5) is 8.36. The fraction of sp³-hybridized carbons (Fsp3) is 0.278. The van der Waals surface area contributed by atoms with Crippen LogP contribution < -0.4 is 9.80 Å². The van der Waals surface area contributed by atoms with Crippen molar-refractivity contribution >= 4 is 40.8 Å². The minimum atomic E-state index is -0.0126. The van der Waals surface area contributed by atoms with Crippen LogP contribution in [0.15, 0.2) is 41.4 Å². The molecule has 2 aromatic rings. The number of phenolic OH excluding ortho intramolecular Hbond substituents is 1. The summed E-state index contributed by atoms with van der Waals surface area (Å²) in [6, 6.07) is 11.2. The molecular formula is C18H20Cl2N3O+. The van der Waals surface area contributed by atoms with Crippen LogP contribution in [0, 0.1) is 0 Å². The molecule has 126 valence electrons. The Kier molecular flexibility index (Phi) is 5.29. The van der Waals surface area contributed by atoms with Crippen LogP contribution in [-0.2, 0) is 0 Å². The first-order valence-electron chi connectivity index (χ1n) is 7.91. The number of phenols is 1. The Morgan fingerprint density at radius 1 is 1.12 bits per heavy atom. The molecule has 6 heteroatoms. The average Bonchev–Trinajstić information content (AvgIpc) is 2.58. The van der Waals surface area contributed by atoms with E-state index in [1.165, 1.54) is 11.8 Å². The molecule has 0 unspecified atom stereocenters. The molecular weight excluding hydrogens is 345 g/mol. The van der Waals surface area contributed by atoms with Gasteiger partial charge in [-0.1, -0.05) is 23.2 Å². The highest BCUT2D eigenvalue weighted by molar-refractivity contribution is 6.36. The highest BCUT2D eigenvalue weighted by Crippen LogP contribution is 2.30. The van der Waals surface area contributed by atoms with Crippen molar-refractivity contribution in [3.05, 3.63) is 52.0 Å². The van der Waals surface area contributed by atoms with Crippen LogP contribution in [0.25, 0.3) is 0 Å². The van der Waals surface area contributed by atoms with E-state index in [1.807, 2.05) is 12.1 Å². The third-order valence-corrected chi connectivity index (χ3v) is 4.75. The number of nitrogens with one attached hydrogen (secondary N) is 1. The normalized spacial score (nSPS) is 16.0. The van der Waals surface area contributed by atoms with Gasteiger partial charge in [-0.2, -0.15) is 0 Å². The van der Waals surface area contributed by atoms with Crippen LogP contribution in [0.2, 0.25) is 10.0 Å². The lowest BCUT2D eigenvalue weighted by molar-refractivity contribution is -0.880. The van der Waals surface area contributed by atoms with Gasteiger partial charge in [0.25, 0.3) is 0 Å². The van der Waals surface area contributed by atoms with E-state index in [2.05, 4.69) is 29.1 Å². The lowest BCUT2D eigenvalue weighted by atomic mass is 10.2. The molecule has 0 aliphatic carbocycles. The minimum absolute atomic E-state index is 0.0126. The molecule has 1 saturated heterocycles. The third-order valence-electron chi connectivity index (χ3n) is 4.24. The van der Waals surface area contributed by atoms with E-state index in [0.717, 1.165) is 31.9 Å². The summed E-state index contributed by atoms with van der Waals surface area (Å²) in [6.07, 6.45) is 1.57. The first-order chi connectivity index (χ1) is 11.5. The predicted octanol–water partition coefficient (Wildman–Crippen LogP) is 2.78. The molecule has 0 amide bonds. The van der Waals surface area contributed by atoms with E-state index < -0.39 is 0 Å². The maximum absolute atomic E-state index is 9.95. The monoisotopic (exact) mass is 364 g/mol. The molecule has 2 N–H and O–H groups in total. The molecule has 0 atom stereocenters. The number of benzene rings is 2. The van der Waals surface area contributed by atoms with Gasteiger partial charge in [0.2, 0.25) is 0 Å². The number of quaternary nitrogens is 1. The van der Waals surface area contributed by atoms with Crippen LogP contribution in [0.5, 0.6) is 5.75 Å². The molecule has 24 heavy (non-hydrogen) atoms. The smallest absolute Gasteiger partial charge is 0.143 e.